The van der Waals surface area contributed by atoms with Crippen LogP contribution in [0, 0.1) is 5.92 Å². The maximum Gasteiger partial charge on any atom is 0.309 e. The van der Waals surface area contributed by atoms with Gasteiger partial charge in [0.05, 0.1) is 5.92 Å². The summed E-state index contributed by atoms with van der Waals surface area (Å²) < 4.78 is 5.20. The molecule has 2 nitrogen and oxygen atoms in total. The van der Waals surface area contributed by atoms with Gasteiger partial charge in [-0.25, -0.2) is 0 Å². The van der Waals surface area contributed by atoms with Crippen molar-refractivity contribution in [3.63, 3.8) is 0 Å². The van der Waals surface area contributed by atoms with E-state index in [1.165, 1.54) is 0 Å². The minimum absolute atomic E-state index is 0.0000926. The third-order valence-corrected chi connectivity index (χ3v) is 3.30. The second kappa shape index (κ2) is 4.05. The normalized spacial score (nSPS) is 26.2. The average molecular weight is 208 g/mol. The van der Waals surface area contributed by atoms with Crippen LogP contribution in [0.25, 0.3) is 0 Å². The van der Waals surface area contributed by atoms with Gasteiger partial charge in [-0.1, -0.05) is 36.9 Å². The van der Waals surface area contributed by atoms with E-state index in [0.29, 0.717) is 0 Å². The number of carbonyl (C=O) groups is 1. The Kier molecular flexibility index (Phi) is 2.77. The molecule has 0 saturated carbocycles. The lowest BCUT2D eigenvalue weighted by Gasteiger charge is -2.07. The molecule has 2 atom stereocenters. The van der Waals surface area contributed by atoms with Gasteiger partial charge in [0, 0.05) is 11.3 Å². The summed E-state index contributed by atoms with van der Waals surface area (Å²) in [6, 6.07) is 10.0. The lowest BCUT2D eigenvalue weighted by molar-refractivity contribution is -0.141. The van der Waals surface area contributed by atoms with Crippen molar-refractivity contribution in [1.29, 1.82) is 0 Å². The van der Waals surface area contributed by atoms with Crippen LogP contribution in [0.2, 0.25) is 0 Å². The molecule has 1 aromatic carbocycles. The van der Waals surface area contributed by atoms with E-state index < -0.39 is 0 Å². The van der Waals surface area contributed by atoms with Crippen molar-refractivity contribution in [1.82, 2.24) is 0 Å². The van der Waals surface area contributed by atoms with Gasteiger partial charge in [-0.3, -0.25) is 4.79 Å². The molecule has 3 heteroatoms. The monoisotopic (exact) mass is 208 g/mol. The number of thioether (sulfide) groups is 1. The molecule has 1 aromatic rings. The molecule has 2 rings (SSSR count). The zero-order chi connectivity index (χ0) is 9.97. The Hall–Kier alpha value is -0.960. The fourth-order valence-corrected chi connectivity index (χ4v) is 2.55. The van der Waals surface area contributed by atoms with Crippen molar-refractivity contribution < 1.29 is 9.53 Å². The molecule has 1 aliphatic heterocycles. The highest BCUT2D eigenvalue weighted by Crippen LogP contribution is 2.33. The number of benzene rings is 1. The van der Waals surface area contributed by atoms with E-state index in [1.54, 1.807) is 11.8 Å². The van der Waals surface area contributed by atoms with Crippen LogP contribution >= 0.6 is 11.8 Å². The Morgan fingerprint density at radius 3 is 2.64 bits per heavy atom. The number of ether oxygens (including phenoxy) is 1. The van der Waals surface area contributed by atoms with Crippen LogP contribution < -0.4 is 0 Å². The molecular weight excluding hydrogens is 196 g/mol. The van der Waals surface area contributed by atoms with Crippen LogP contribution in [0.15, 0.2) is 35.2 Å². The minimum Gasteiger partial charge on any atom is -0.451 e. The van der Waals surface area contributed by atoms with E-state index in [9.17, 15) is 4.79 Å². The predicted octanol–water partition coefficient (Wildman–Crippen LogP) is 2.69. The number of rotatable bonds is 2. The number of cyclic esters (lactones) is 1. The van der Waals surface area contributed by atoms with Gasteiger partial charge in [0.25, 0.3) is 0 Å². The summed E-state index contributed by atoms with van der Waals surface area (Å²) in [5.74, 6) is -0.0188. The molecule has 14 heavy (non-hydrogen) atoms. The molecule has 1 saturated heterocycles. The Balaban J connectivity index is 1.97. The number of hydrogen-bond donors (Lipinski definition) is 0. The first kappa shape index (κ1) is 9.59. The predicted molar refractivity (Wildman–Crippen MR) is 56.0 cm³/mol. The van der Waals surface area contributed by atoms with E-state index in [2.05, 4.69) is 0 Å². The molecule has 1 fully saturated rings. The van der Waals surface area contributed by atoms with Gasteiger partial charge >= 0.3 is 5.97 Å². The molecule has 0 aliphatic carbocycles. The van der Waals surface area contributed by atoms with Crippen LogP contribution in [-0.4, -0.2) is 11.4 Å². The molecule has 0 aromatic heterocycles. The quantitative estimate of drug-likeness (QED) is 0.699. The van der Waals surface area contributed by atoms with Gasteiger partial charge in [0.15, 0.2) is 5.44 Å². The number of esters is 1. The summed E-state index contributed by atoms with van der Waals surface area (Å²) in [6.45, 7) is 1.91. The summed E-state index contributed by atoms with van der Waals surface area (Å²) in [4.78, 5) is 12.3. The summed E-state index contributed by atoms with van der Waals surface area (Å²) in [5.41, 5.74) is -0.0000926. The molecule has 1 heterocycles. The maximum absolute atomic E-state index is 11.1. The van der Waals surface area contributed by atoms with Gasteiger partial charge < -0.3 is 4.74 Å². The molecule has 0 N–H and O–H groups in total. The highest BCUT2D eigenvalue weighted by atomic mass is 32.2. The first-order valence-electron chi connectivity index (χ1n) is 4.68. The van der Waals surface area contributed by atoms with Gasteiger partial charge in [-0.15, -0.1) is 0 Å². The maximum atomic E-state index is 11.1. The molecule has 0 spiro atoms. The van der Waals surface area contributed by atoms with Crippen LogP contribution in [0.5, 0.6) is 0 Å². The zero-order valence-corrected chi connectivity index (χ0v) is 8.79. The fraction of sp³-hybridized carbons (Fsp3) is 0.364. The highest BCUT2D eigenvalue weighted by molar-refractivity contribution is 7.99. The first-order chi connectivity index (χ1) is 6.75. The zero-order valence-electron chi connectivity index (χ0n) is 7.97. The molecule has 0 bridgehead atoms. The molecule has 0 radical (unpaired) electrons. The van der Waals surface area contributed by atoms with Gasteiger partial charge in [-0.2, -0.15) is 0 Å². The minimum atomic E-state index is -0.0709. The largest absolute Gasteiger partial charge is 0.451 e. The van der Waals surface area contributed by atoms with Crippen LogP contribution in [0.3, 0.4) is 0 Å². The summed E-state index contributed by atoms with van der Waals surface area (Å²) >= 11 is 1.62. The fourth-order valence-electron chi connectivity index (χ4n) is 1.40. The van der Waals surface area contributed by atoms with E-state index in [-0.39, 0.29) is 17.3 Å². The Morgan fingerprint density at radius 1 is 1.36 bits per heavy atom. The third kappa shape index (κ3) is 2.10. The van der Waals surface area contributed by atoms with Crippen molar-refractivity contribution >= 4 is 17.7 Å². The molecule has 0 amide bonds. The van der Waals surface area contributed by atoms with E-state index >= 15 is 0 Å². The van der Waals surface area contributed by atoms with Crippen molar-refractivity contribution in [2.24, 2.45) is 5.92 Å². The topological polar surface area (TPSA) is 26.3 Å². The molecule has 1 aliphatic rings. The van der Waals surface area contributed by atoms with Crippen LogP contribution in [0.4, 0.5) is 0 Å². The highest BCUT2D eigenvalue weighted by Gasteiger charge is 2.31. The SMILES string of the molecule is CC1CC(Sc2ccccc2)OC1=O. The van der Waals surface area contributed by atoms with Crippen LogP contribution in [-0.2, 0) is 9.53 Å². The lowest BCUT2D eigenvalue weighted by Crippen LogP contribution is -2.02. The number of carbonyl (C=O) groups excluding carboxylic acids is 1. The second-order valence-electron chi connectivity index (χ2n) is 3.43. The number of hydrogen-bond acceptors (Lipinski definition) is 3. The van der Waals surface area contributed by atoms with Crippen molar-refractivity contribution in [2.75, 3.05) is 0 Å². The Labute approximate surface area is 87.6 Å². The summed E-state index contributed by atoms with van der Waals surface area (Å²) in [5, 5.41) is 0. The smallest absolute Gasteiger partial charge is 0.309 e. The van der Waals surface area contributed by atoms with E-state index in [1.807, 2.05) is 37.3 Å². The van der Waals surface area contributed by atoms with E-state index in [4.69, 9.17) is 4.74 Å². The second-order valence-corrected chi connectivity index (χ2v) is 4.67. The lowest BCUT2D eigenvalue weighted by atomic mass is 10.1. The molecular formula is C11H12O2S. The van der Waals surface area contributed by atoms with Crippen molar-refractivity contribution in [2.45, 2.75) is 23.7 Å². The summed E-state index contributed by atoms with van der Waals surface area (Å²) in [6.07, 6.45) is 0.818. The van der Waals surface area contributed by atoms with Crippen molar-refractivity contribution in [3.05, 3.63) is 30.3 Å². The van der Waals surface area contributed by atoms with Gasteiger partial charge in [-0.05, 0) is 12.1 Å². The standard InChI is InChI=1S/C11H12O2S/c1-8-7-10(13-11(8)12)14-9-5-3-2-4-6-9/h2-6,8,10H,7H2,1H3. The Morgan fingerprint density at radius 2 is 2.07 bits per heavy atom. The molecule has 74 valence electrons. The van der Waals surface area contributed by atoms with Gasteiger partial charge in [0.1, 0.15) is 0 Å². The average Bonchev–Trinajstić information content (AvgIpc) is 2.47. The van der Waals surface area contributed by atoms with E-state index in [0.717, 1.165) is 11.3 Å². The van der Waals surface area contributed by atoms with Crippen LogP contribution in [0.1, 0.15) is 13.3 Å². The first-order valence-corrected chi connectivity index (χ1v) is 5.56. The Bertz CT molecular complexity index is 323. The third-order valence-electron chi connectivity index (χ3n) is 2.21. The molecule has 2 unspecified atom stereocenters. The van der Waals surface area contributed by atoms with Crippen molar-refractivity contribution in [3.8, 4) is 0 Å². The summed E-state index contributed by atoms with van der Waals surface area (Å²) in [7, 11) is 0. The van der Waals surface area contributed by atoms with Gasteiger partial charge in [0.2, 0.25) is 0 Å².